The van der Waals surface area contributed by atoms with Crippen LogP contribution in [-0.4, -0.2) is 34.9 Å². The number of para-hydroxylation sites is 1. The Morgan fingerprint density at radius 2 is 2.09 bits per heavy atom. The maximum Gasteiger partial charge on any atom is 0.226 e. The van der Waals surface area contributed by atoms with Gasteiger partial charge in [0.05, 0.1) is 17.5 Å². The van der Waals surface area contributed by atoms with Gasteiger partial charge >= 0.3 is 0 Å². The molecule has 0 saturated carbocycles. The van der Waals surface area contributed by atoms with Crippen molar-refractivity contribution in [1.29, 1.82) is 0 Å². The summed E-state index contributed by atoms with van der Waals surface area (Å²) in [4.78, 5) is 12.4. The van der Waals surface area contributed by atoms with E-state index in [2.05, 4.69) is 5.32 Å². The topological polar surface area (TPSA) is 65.4 Å². The third-order valence-electron chi connectivity index (χ3n) is 5.64. The SMILES string of the molecule is Cc1ccccc1-n1nc(C)c(CCC(=O)NC[C@H]2CCCO2)c1Oc1cccc(F)c1. The van der Waals surface area contributed by atoms with Crippen LogP contribution in [0.15, 0.2) is 48.5 Å². The lowest BCUT2D eigenvalue weighted by Crippen LogP contribution is -2.31. The summed E-state index contributed by atoms with van der Waals surface area (Å²) in [6, 6.07) is 13.9. The Balaban J connectivity index is 1.57. The van der Waals surface area contributed by atoms with Crippen molar-refractivity contribution in [1.82, 2.24) is 15.1 Å². The summed E-state index contributed by atoms with van der Waals surface area (Å²) in [6.45, 7) is 5.19. The van der Waals surface area contributed by atoms with Gasteiger partial charge in [0, 0.05) is 31.2 Å². The number of hydrogen-bond donors (Lipinski definition) is 1. The average Bonchev–Trinajstić information content (AvgIpc) is 3.39. The molecule has 1 atom stereocenters. The van der Waals surface area contributed by atoms with Crippen LogP contribution in [0, 0.1) is 19.7 Å². The zero-order chi connectivity index (χ0) is 22.5. The summed E-state index contributed by atoms with van der Waals surface area (Å²) in [5.41, 5.74) is 3.49. The van der Waals surface area contributed by atoms with E-state index < -0.39 is 0 Å². The van der Waals surface area contributed by atoms with Crippen LogP contribution in [0.2, 0.25) is 0 Å². The Bertz CT molecular complexity index is 1090. The summed E-state index contributed by atoms with van der Waals surface area (Å²) < 4.78 is 27.2. The molecule has 2 heterocycles. The van der Waals surface area contributed by atoms with Gasteiger partial charge in [-0.1, -0.05) is 24.3 Å². The molecule has 7 heteroatoms. The van der Waals surface area contributed by atoms with Crippen molar-refractivity contribution in [3.05, 3.63) is 71.2 Å². The first-order chi connectivity index (χ1) is 15.5. The minimum atomic E-state index is -0.378. The molecule has 1 aliphatic heterocycles. The van der Waals surface area contributed by atoms with Gasteiger partial charge in [-0.25, -0.2) is 4.39 Å². The third kappa shape index (κ3) is 5.16. The van der Waals surface area contributed by atoms with Crippen molar-refractivity contribution < 1.29 is 18.7 Å². The highest BCUT2D eigenvalue weighted by Crippen LogP contribution is 2.32. The van der Waals surface area contributed by atoms with Crippen molar-refractivity contribution in [3.8, 4) is 17.3 Å². The maximum absolute atomic E-state index is 13.8. The second kappa shape index (κ2) is 9.96. The number of carbonyl (C=O) groups excluding carboxylic acids is 1. The molecule has 1 N–H and O–H groups in total. The Labute approximate surface area is 187 Å². The lowest BCUT2D eigenvalue weighted by atomic mass is 10.1. The van der Waals surface area contributed by atoms with Crippen LogP contribution in [0.3, 0.4) is 0 Å². The molecule has 0 spiro atoms. The van der Waals surface area contributed by atoms with E-state index in [4.69, 9.17) is 14.6 Å². The highest BCUT2D eigenvalue weighted by molar-refractivity contribution is 5.76. The zero-order valence-corrected chi connectivity index (χ0v) is 18.4. The molecule has 0 unspecified atom stereocenters. The van der Waals surface area contributed by atoms with Crippen LogP contribution in [-0.2, 0) is 16.0 Å². The van der Waals surface area contributed by atoms with Gasteiger partial charge in [0.2, 0.25) is 11.8 Å². The van der Waals surface area contributed by atoms with Crippen LogP contribution >= 0.6 is 0 Å². The fourth-order valence-corrected chi connectivity index (χ4v) is 3.90. The zero-order valence-electron chi connectivity index (χ0n) is 18.4. The number of amides is 1. The molecule has 168 valence electrons. The Morgan fingerprint density at radius 1 is 1.25 bits per heavy atom. The van der Waals surface area contributed by atoms with E-state index in [0.29, 0.717) is 31.0 Å². The van der Waals surface area contributed by atoms with Gasteiger partial charge in [-0.3, -0.25) is 4.79 Å². The van der Waals surface area contributed by atoms with E-state index in [1.165, 1.54) is 12.1 Å². The molecule has 3 aromatic rings. The third-order valence-corrected chi connectivity index (χ3v) is 5.64. The number of halogens is 1. The van der Waals surface area contributed by atoms with Gasteiger partial charge in [0.1, 0.15) is 11.6 Å². The molecule has 1 aromatic heterocycles. The molecule has 1 amide bonds. The van der Waals surface area contributed by atoms with Gasteiger partial charge in [-0.15, -0.1) is 0 Å². The molecular weight excluding hydrogens is 409 g/mol. The number of aromatic nitrogens is 2. The van der Waals surface area contributed by atoms with E-state index in [0.717, 1.165) is 42.0 Å². The first-order valence-corrected chi connectivity index (χ1v) is 11.0. The Kier molecular flexibility index (Phi) is 6.85. The first kappa shape index (κ1) is 22.0. The summed E-state index contributed by atoms with van der Waals surface area (Å²) in [6.07, 6.45) is 2.88. The van der Waals surface area contributed by atoms with Crippen LogP contribution in [0.1, 0.15) is 36.1 Å². The molecule has 1 fully saturated rings. The van der Waals surface area contributed by atoms with Gasteiger partial charge < -0.3 is 14.8 Å². The Morgan fingerprint density at radius 3 is 2.84 bits per heavy atom. The second-order valence-electron chi connectivity index (χ2n) is 8.07. The van der Waals surface area contributed by atoms with Gasteiger partial charge in [-0.2, -0.15) is 9.78 Å². The average molecular weight is 438 g/mol. The second-order valence-corrected chi connectivity index (χ2v) is 8.07. The van der Waals surface area contributed by atoms with Crippen molar-refractivity contribution >= 4 is 5.91 Å². The number of ether oxygens (including phenoxy) is 2. The van der Waals surface area contributed by atoms with Crippen LogP contribution in [0.25, 0.3) is 5.69 Å². The molecule has 32 heavy (non-hydrogen) atoms. The van der Waals surface area contributed by atoms with E-state index in [-0.39, 0.29) is 17.8 Å². The number of nitrogens with one attached hydrogen (secondary N) is 1. The molecule has 0 radical (unpaired) electrons. The normalized spacial score (nSPS) is 15.7. The highest BCUT2D eigenvalue weighted by atomic mass is 19.1. The number of rotatable bonds is 8. The molecule has 1 saturated heterocycles. The van der Waals surface area contributed by atoms with Gasteiger partial charge in [0.25, 0.3) is 0 Å². The van der Waals surface area contributed by atoms with E-state index in [9.17, 15) is 9.18 Å². The van der Waals surface area contributed by atoms with Crippen molar-refractivity contribution in [3.63, 3.8) is 0 Å². The molecule has 1 aliphatic rings. The lowest BCUT2D eigenvalue weighted by molar-refractivity contribution is -0.121. The fourth-order valence-electron chi connectivity index (χ4n) is 3.90. The van der Waals surface area contributed by atoms with Crippen LogP contribution in [0.4, 0.5) is 4.39 Å². The number of nitrogens with zero attached hydrogens (tertiary/aromatic N) is 2. The predicted octanol–water partition coefficient (Wildman–Crippen LogP) is 4.65. The molecule has 2 aromatic carbocycles. The van der Waals surface area contributed by atoms with Crippen LogP contribution < -0.4 is 10.1 Å². The van der Waals surface area contributed by atoms with Gasteiger partial charge in [0.15, 0.2) is 0 Å². The largest absolute Gasteiger partial charge is 0.439 e. The maximum atomic E-state index is 13.8. The van der Waals surface area contributed by atoms with Crippen molar-refractivity contribution in [2.45, 2.75) is 45.6 Å². The quantitative estimate of drug-likeness (QED) is 0.557. The minimum absolute atomic E-state index is 0.0414. The predicted molar refractivity (Wildman–Crippen MR) is 120 cm³/mol. The number of aryl methyl sites for hydroxylation is 2. The smallest absolute Gasteiger partial charge is 0.226 e. The first-order valence-electron chi connectivity index (χ1n) is 11.0. The van der Waals surface area contributed by atoms with Crippen LogP contribution in [0.5, 0.6) is 11.6 Å². The molecule has 0 bridgehead atoms. The Hall–Kier alpha value is -3.19. The highest BCUT2D eigenvalue weighted by Gasteiger charge is 2.21. The summed E-state index contributed by atoms with van der Waals surface area (Å²) in [5.74, 6) is 0.453. The fraction of sp³-hybridized carbons (Fsp3) is 0.360. The molecule has 6 nitrogen and oxygen atoms in total. The van der Waals surface area contributed by atoms with E-state index in [1.807, 2.05) is 38.1 Å². The number of hydrogen-bond acceptors (Lipinski definition) is 4. The molecular formula is C25H28FN3O3. The number of carbonyl (C=O) groups is 1. The van der Waals surface area contributed by atoms with Crippen molar-refractivity contribution in [2.24, 2.45) is 0 Å². The molecule has 4 rings (SSSR count). The van der Waals surface area contributed by atoms with Gasteiger partial charge in [-0.05, 0) is 56.9 Å². The molecule has 0 aliphatic carbocycles. The standard InChI is InChI=1S/C25H28FN3O3/c1-17-7-3-4-11-23(17)29-25(32-20-9-5-8-19(26)15-20)22(18(2)28-29)12-13-24(30)27-16-21-10-6-14-31-21/h3-5,7-9,11,15,21H,6,10,12-14,16H2,1-2H3,(H,27,30)/t21-/m1/s1. The van der Waals surface area contributed by atoms with E-state index in [1.54, 1.807) is 16.8 Å². The lowest BCUT2D eigenvalue weighted by Gasteiger charge is -2.13. The van der Waals surface area contributed by atoms with E-state index >= 15 is 0 Å². The summed E-state index contributed by atoms with van der Waals surface area (Å²) >= 11 is 0. The van der Waals surface area contributed by atoms with Crippen molar-refractivity contribution in [2.75, 3.05) is 13.2 Å². The minimum Gasteiger partial charge on any atom is -0.439 e. The monoisotopic (exact) mass is 437 g/mol. The summed E-state index contributed by atoms with van der Waals surface area (Å²) in [7, 11) is 0. The number of benzene rings is 2. The summed E-state index contributed by atoms with van der Waals surface area (Å²) in [5, 5.41) is 7.65.